The molecule has 0 fully saturated rings. The highest BCUT2D eigenvalue weighted by molar-refractivity contribution is 6.00. The molecule has 0 bridgehead atoms. The highest BCUT2D eigenvalue weighted by Gasteiger charge is 2.13. The van der Waals surface area contributed by atoms with E-state index in [-0.39, 0.29) is 24.3 Å². The normalized spacial score (nSPS) is 11.9. The predicted molar refractivity (Wildman–Crippen MR) is 86.8 cm³/mol. The molecule has 2 aromatic rings. The van der Waals surface area contributed by atoms with Crippen LogP contribution >= 0.6 is 0 Å². The third-order valence-corrected chi connectivity index (χ3v) is 3.18. The summed E-state index contributed by atoms with van der Waals surface area (Å²) in [6.45, 7) is -1.34. The zero-order valence-electron chi connectivity index (χ0n) is 13.0. The second-order valence-corrected chi connectivity index (χ2v) is 5.13. The largest absolute Gasteiger partial charge is 0.435 e. The van der Waals surface area contributed by atoms with Crippen LogP contribution in [0.1, 0.15) is 17.3 Å². The van der Waals surface area contributed by atoms with E-state index in [0.29, 0.717) is 16.9 Å². The summed E-state index contributed by atoms with van der Waals surface area (Å²) in [6.07, 6.45) is 0. The predicted octanol–water partition coefficient (Wildman–Crippen LogP) is 3.14. The van der Waals surface area contributed by atoms with E-state index < -0.39 is 6.61 Å². The standard InChI is InChI=1S/C17H18F2N2O3/c1-11(10-22)20-16(23)14-4-2-3-5-15(14)21-12-6-8-13(9-7-12)24-17(18)19/h2-9,11,17,21-22H,10H2,1H3,(H,20,23). The third-order valence-electron chi connectivity index (χ3n) is 3.18. The molecule has 1 unspecified atom stereocenters. The van der Waals surface area contributed by atoms with E-state index in [2.05, 4.69) is 15.4 Å². The van der Waals surface area contributed by atoms with E-state index in [9.17, 15) is 13.6 Å². The smallest absolute Gasteiger partial charge is 0.387 e. The number of halogens is 2. The highest BCUT2D eigenvalue weighted by Crippen LogP contribution is 2.23. The molecule has 128 valence electrons. The summed E-state index contributed by atoms with van der Waals surface area (Å²) in [7, 11) is 0. The molecule has 2 rings (SSSR count). The quantitative estimate of drug-likeness (QED) is 0.726. The van der Waals surface area contributed by atoms with Gasteiger partial charge in [-0.15, -0.1) is 0 Å². The Morgan fingerprint density at radius 1 is 1.17 bits per heavy atom. The van der Waals surface area contributed by atoms with Gasteiger partial charge in [-0.1, -0.05) is 12.1 Å². The zero-order chi connectivity index (χ0) is 17.5. The van der Waals surface area contributed by atoms with Crippen LogP contribution in [0, 0.1) is 0 Å². The lowest BCUT2D eigenvalue weighted by Crippen LogP contribution is -2.35. The molecule has 0 saturated heterocycles. The van der Waals surface area contributed by atoms with Gasteiger partial charge in [-0.2, -0.15) is 8.78 Å². The van der Waals surface area contributed by atoms with Crippen LogP contribution in [0.25, 0.3) is 0 Å². The molecule has 0 radical (unpaired) electrons. The lowest BCUT2D eigenvalue weighted by Gasteiger charge is -2.15. The molecular weight excluding hydrogens is 318 g/mol. The number of para-hydroxylation sites is 1. The van der Waals surface area contributed by atoms with Gasteiger partial charge in [0.2, 0.25) is 0 Å². The van der Waals surface area contributed by atoms with Crippen molar-refractivity contribution < 1.29 is 23.4 Å². The monoisotopic (exact) mass is 336 g/mol. The van der Waals surface area contributed by atoms with Crippen LogP contribution in [0.3, 0.4) is 0 Å². The molecule has 2 aromatic carbocycles. The number of benzene rings is 2. The van der Waals surface area contributed by atoms with Gasteiger partial charge in [0.1, 0.15) is 5.75 Å². The van der Waals surface area contributed by atoms with Crippen molar-refractivity contribution in [2.45, 2.75) is 19.6 Å². The summed E-state index contributed by atoms with van der Waals surface area (Å²) in [5.74, 6) is -0.268. The average Bonchev–Trinajstić information content (AvgIpc) is 2.56. The SMILES string of the molecule is CC(CO)NC(=O)c1ccccc1Nc1ccc(OC(F)F)cc1. The maximum atomic E-state index is 12.2. The number of aliphatic hydroxyl groups is 1. The van der Waals surface area contributed by atoms with Crippen molar-refractivity contribution in [1.29, 1.82) is 0 Å². The summed E-state index contributed by atoms with van der Waals surface area (Å²) < 4.78 is 28.6. The highest BCUT2D eigenvalue weighted by atomic mass is 19.3. The van der Waals surface area contributed by atoms with Crippen molar-refractivity contribution >= 4 is 17.3 Å². The van der Waals surface area contributed by atoms with Crippen LogP contribution < -0.4 is 15.4 Å². The van der Waals surface area contributed by atoms with E-state index in [1.165, 1.54) is 12.1 Å². The molecule has 0 aliphatic heterocycles. The van der Waals surface area contributed by atoms with Gasteiger partial charge in [0, 0.05) is 11.7 Å². The number of ether oxygens (including phenoxy) is 1. The van der Waals surface area contributed by atoms with E-state index >= 15 is 0 Å². The number of aliphatic hydroxyl groups excluding tert-OH is 1. The first kappa shape index (κ1) is 17.7. The topological polar surface area (TPSA) is 70.6 Å². The summed E-state index contributed by atoms with van der Waals surface area (Å²) in [6, 6.07) is 12.5. The summed E-state index contributed by atoms with van der Waals surface area (Å²) in [4.78, 5) is 12.2. The molecule has 1 atom stereocenters. The van der Waals surface area contributed by atoms with Gasteiger partial charge in [-0.25, -0.2) is 0 Å². The Labute approximate surface area is 138 Å². The lowest BCUT2D eigenvalue weighted by atomic mass is 10.1. The molecular formula is C17H18F2N2O3. The van der Waals surface area contributed by atoms with Gasteiger partial charge < -0.3 is 20.5 Å². The lowest BCUT2D eigenvalue weighted by molar-refractivity contribution is -0.0498. The molecule has 0 spiro atoms. The number of hydrogen-bond donors (Lipinski definition) is 3. The minimum Gasteiger partial charge on any atom is -0.435 e. The van der Waals surface area contributed by atoms with Crippen molar-refractivity contribution in [3.63, 3.8) is 0 Å². The second-order valence-electron chi connectivity index (χ2n) is 5.13. The van der Waals surface area contributed by atoms with Crippen LogP contribution in [0.4, 0.5) is 20.2 Å². The van der Waals surface area contributed by atoms with Gasteiger partial charge in [-0.3, -0.25) is 4.79 Å². The Hall–Kier alpha value is -2.67. The van der Waals surface area contributed by atoms with E-state index in [4.69, 9.17) is 5.11 Å². The van der Waals surface area contributed by atoms with Crippen molar-refractivity contribution in [2.75, 3.05) is 11.9 Å². The molecule has 1 amide bonds. The Morgan fingerprint density at radius 3 is 2.46 bits per heavy atom. The van der Waals surface area contributed by atoms with Gasteiger partial charge in [-0.05, 0) is 43.3 Å². The summed E-state index contributed by atoms with van der Waals surface area (Å²) in [5, 5.41) is 14.8. The van der Waals surface area contributed by atoms with Crippen LogP contribution in [0.2, 0.25) is 0 Å². The van der Waals surface area contributed by atoms with Crippen molar-refractivity contribution in [3.8, 4) is 5.75 Å². The fraction of sp³-hybridized carbons (Fsp3) is 0.235. The Balaban J connectivity index is 2.13. The second kappa shape index (κ2) is 8.26. The molecule has 0 aromatic heterocycles. The number of carbonyl (C=O) groups excluding carboxylic acids is 1. The summed E-state index contributed by atoms with van der Waals surface area (Å²) in [5.41, 5.74) is 1.58. The van der Waals surface area contributed by atoms with E-state index in [0.717, 1.165) is 0 Å². The van der Waals surface area contributed by atoms with Crippen LogP contribution in [-0.2, 0) is 0 Å². The number of amides is 1. The van der Waals surface area contributed by atoms with Gasteiger partial charge in [0.25, 0.3) is 5.91 Å². The minimum absolute atomic E-state index is 0.0540. The maximum Gasteiger partial charge on any atom is 0.387 e. The molecule has 0 aliphatic carbocycles. The molecule has 5 nitrogen and oxygen atoms in total. The molecule has 0 aliphatic rings. The van der Waals surface area contributed by atoms with Crippen molar-refractivity contribution in [3.05, 3.63) is 54.1 Å². The molecule has 0 saturated carbocycles. The number of alkyl halides is 2. The minimum atomic E-state index is -2.87. The Morgan fingerprint density at radius 2 is 1.83 bits per heavy atom. The van der Waals surface area contributed by atoms with E-state index in [1.807, 2.05) is 0 Å². The van der Waals surface area contributed by atoms with Crippen LogP contribution in [0.5, 0.6) is 5.75 Å². The molecule has 3 N–H and O–H groups in total. The molecule has 7 heteroatoms. The zero-order valence-corrected chi connectivity index (χ0v) is 13.0. The molecule has 0 heterocycles. The molecule has 24 heavy (non-hydrogen) atoms. The van der Waals surface area contributed by atoms with Gasteiger partial charge in [0.05, 0.1) is 17.9 Å². The number of anilines is 2. The Kier molecular flexibility index (Phi) is 6.08. The first-order valence-corrected chi connectivity index (χ1v) is 7.32. The first-order valence-electron chi connectivity index (χ1n) is 7.32. The van der Waals surface area contributed by atoms with Gasteiger partial charge in [0.15, 0.2) is 0 Å². The average molecular weight is 336 g/mol. The maximum absolute atomic E-state index is 12.2. The third kappa shape index (κ3) is 4.92. The van der Waals surface area contributed by atoms with Crippen LogP contribution in [0.15, 0.2) is 48.5 Å². The number of rotatable bonds is 7. The van der Waals surface area contributed by atoms with E-state index in [1.54, 1.807) is 43.3 Å². The summed E-state index contributed by atoms with van der Waals surface area (Å²) >= 11 is 0. The van der Waals surface area contributed by atoms with Crippen LogP contribution in [-0.4, -0.2) is 30.3 Å². The fourth-order valence-electron chi connectivity index (χ4n) is 2.01. The first-order chi connectivity index (χ1) is 11.5. The number of nitrogens with one attached hydrogen (secondary N) is 2. The number of carbonyl (C=O) groups is 1. The van der Waals surface area contributed by atoms with Crippen molar-refractivity contribution in [2.24, 2.45) is 0 Å². The number of hydrogen-bond acceptors (Lipinski definition) is 4. The fourth-order valence-corrected chi connectivity index (χ4v) is 2.01. The van der Waals surface area contributed by atoms with Gasteiger partial charge >= 0.3 is 6.61 Å². The Bertz CT molecular complexity index is 678. The van der Waals surface area contributed by atoms with Crippen molar-refractivity contribution in [1.82, 2.24) is 5.32 Å².